The lowest BCUT2D eigenvalue weighted by Crippen LogP contribution is -2.33. The molecule has 0 fully saturated rings. The van der Waals surface area contributed by atoms with Crippen LogP contribution in [0.5, 0.6) is 0 Å². The molecule has 116 valence electrons. The largest absolute Gasteiger partial charge is 0.416 e. The molecule has 1 unspecified atom stereocenters. The number of alkyl halides is 3. The van der Waals surface area contributed by atoms with Gasteiger partial charge in [-0.3, -0.25) is 5.32 Å². The Labute approximate surface area is 123 Å². The van der Waals surface area contributed by atoms with Gasteiger partial charge in [-0.05, 0) is 24.7 Å². The third-order valence-electron chi connectivity index (χ3n) is 3.38. The van der Waals surface area contributed by atoms with Gasteiger partial charge in [-0.25, -0.2) is 0 Å². The lowest BCUT2D eigenvalue weighted by Gasteiger charge is -2.21. The van der Waals surface area contributed by atoms with Gasteiger partial charge in [0.1, 0.15) is 6.04 Å². The molecular formula is C15H20F3N3. The van der Waals surface area contributed by atoms with E-state index in [9.17, 15) is 13.2 Å². The number of likely N-dealkylation sites (N-methyl/N-ethyl adjacent to an activating group) is 1. The highest BCUT2D eigenvalue weighted by Gasteiger charge is 2.34. The van der Waals surface area contributed by atoms with Gasteiger partial charge >= 0.3 is 6.18 Å². The molecule has 3 nitrogen and oxygen atoms in total. The highest BCUT2D eigenvalue weighted by atomic mass is 19.4. The maximum atomic E-state index is 13.0. The molecule has 0 radical (unpaired) electrons. The number of rotatable bonds is 7. The lowest BCUT2D eigenvalue weighted by molar-refractivity contribution is -0.138. The van der Waals surface area contributed by atoms with E-state index in [1.54, 1.807) is 0 Å². The molecule has 0 aromatic heterocycles. The van der Waals surface area contributed by atoms with Crippen molar-refractivity contribution in [3.05, 3.63) is 35.4 Å². The zero-order chi connectivity index (χ0) is 15.9. The van der Waals surface area contributed by atoms with Crippen molar-refractivity contribution in [1.29, 1.82) is 5.26 Å². The third kappa shape index (κ3) is 5.03. The van der Waals surface area contributed by atoms with Gasteiger partial charge in [0.05, 0.1) is 11.6 Å². The molecule has 0 saturated heterocycles. The molecule has 1 aromatic carbocycles. The number of nitrogens with zero attached hydrogens (tertiary/aromatic N) is 2. The average molecular weight is 299 g/mol. The zero-order valence-corrected chi connectivity index (χ0v) is 12.2. The molecule has 0 amide bonds. The number of hydrogen-bond acceptors (Lipinski definition) is 3. The first-order valence-corrected chi connectivity index (χ1v) is 6.95. The van der Waals surface area contributed by atoms with Gasteiger partial charge in [0.25, 0.3) is 0 Å². The smallest absolute Gasteiger partial charge is 0.303 e. The van der Waals surface area contributed by atoms with Gasteiger partial charge < -0.3 is 4.90 Å². The van der Waals surface area contributed by atoms with Gasteiger partial charge in [-0.15, -0.1) is 0 Å². The van der Waals surface area contributed by atoms with E-state index >= 15 is 0 Å². The fourth-order valence-electron chi connectivity index (χ4n) is 2.14. The fraction of sp³-hybridized carbons (Fsp3) is 0.533. The summed E-state index contributed by atoms with van der Waals surface area (Å²) >= 11 is 0. The first-order chi connectivity index (χ1) is 9.93. The molecule has 1 rings (SSSR count). The van der Waals surface area contributed by atoms with E-state index in [2.05, 4.69) is 10.2 Å². The van der Waals surface area contributed by atoms with E-state index in [1.165, 1.54) is 18.2 Å². The Morgan fingerprint density at radius 3 is 2.38 bits per heavy atom. The quantitative estimate of drug-likeness (QED) is 0.840. The van der Waals surface area contributed by atoms with Crippen molar-refractivity contribution in [2.75, 3.05) is 26.2 Å². The Hall–Kier alpha value is -1.58. The van der Waals surface area contributed by atoms with Crippen LogP contribution < -0.4 is 5.32 Å². The Balaban J connectivity index is 2.80. The van der Waals surface area contributed by atoms with E-state index in [0.717, 1.165) is 19.2 Å². The average Bonchev–Trinajstić information content (AvgIpc) is 2.47. The number of benzene rings is 1. The van der Waals surface area contributed by atoms with Crippen LogP contribution in [-0.2, 0) is 6.18 Å². The predicted molar refractivity (Wildman–Crippen MR) is 75.6 cm³/mol. The molecule has 0 aliphatic carbocycles. The number of nitriles is 1. The van der Waals surface area contributed by atoms with Crippen LogP contribution in [0.15, 0.2) is 24.3 Å². The topological polar surface area (TPSA) is 39.1 Å². The summed E-state index contributed by atoms with van der Waals surface area (Å²) in [6, 6.07) is 6.15. The maximum Gasteiger partial charge on any atom is 0.416 e. The summed E-state index contributed by atoms with van der Waals surface area (Å²) in [6.07, 6.45) is -4.45. The molecule has 0 saturated carbocycles. The second-order valence-electron chi connectivity index (χ2n) is 4.63. The molecule has 0 bridgehead atoms. The van der Waals surface area contributed by atoms with E-state index in [-0.39, 0.29) is 5.56 Å². The van der Waals surface area contributed by atoms with Gasteiger partial charge in [0.15, 0.2) is 0 Å². The van der Waals surface area contributed by atoms with E-state index in [1.807, 2.05) is 19.9 Å². The summed E-state index contributed by atoms with van der Waals surface area (Å²) in [6.45, 7) is 6.93. The number of halogens is 3. The van der Waals surface area contributed by atoms with Crippen molar-refractivity contribution in [3.63, 3.8) is 0 Å². The number of hydrogen-bond donors (Lipinski definition) is 1. The van der Waals surface area contributed by atoms with Crippen LogP contribution in [0.25, 0.3) is 0 Å². The molecule has 0 aliphatic heterocycles. The standard InChI is InChI=1S/C15H20F3N3/c1-3-21(4-2)10-9-20-14(11-19)12-7-5-6-8-13(12)15(16,17)18/h5-8,14,20H,3-4,9-10H2,1-2H3. The zero-order valence-electron chi connectivity index (χ0n) is 12.2. The number of nitrogens with one attached hydrogen (secondary N) is 1. The summed E-state index contributed by atoms with van der Waals surface area (Å²) in [7, 11) is 0. The Kier molecular flexibility index (Phi) is 6.66. The normalized spacial score (nSPS) is 13.2. The van der Waals surface area contributed by atoms with Crippen LogP contribution >= 0.6 is 0 Å². The van der Waals surface area contributed by atoms with Crippen molar-refractivity contribution < 1.29 is 13.2 Å². The first kappa shape index (κ1) is 17.5. The molecular weight excluding hydrogens is 279 g/mol. The fourth-order valence-corrected chi connectivity index (χ4v) is 2.14. The van der Waals surface area contributed by atoms with Crippen molar-refractivity contribution in [2.45, 2.75) is 26.1 Å². The van der Waals surface area contributed by atoms with Crippen LogP contribution in [0.4, 0.5) is 13.2 Å². The van der Waals surface area contributed by atoms with E-state index in [4.69, 9.17) is 5.26 Å². The van der Waals surface area contributed by atoms with Gasteiger partial charge in [0.2, 0.25) is 0 Å². The molecule has 21 heavy (non-hydrogen) atoms. The minimum absolute atomic E-state index is 0.0213. The Morgan fingerprint density at radius 2 is 1.86 bits per heavy atom. The highest BCUT2D eigenvalue weighted by Crippen LogP contribution is 2.34. The van der Waals surface area contributed by atoms with Gasteiger partial charge in [-0.2, -0.15) is 18.4 Å². The third-order valence-corrected chi connectivity index (χ3v) is 3.38. The molecule has 0 spiro atoms. The summed E-state index contributed by atoms with van der Waals surface area (Å²) in [5.74, 6) is 0. The molecule has 1 N–H and O–H groups in total. The lowest BCUT2D eigenvalue weighted by atomic mass is 10.0. The molecule has 1 aromatic rings. The Morgan fingerprint density at radius 1 is 1.24 bits per heavy atom. The first-order valence-electron chi connectivity index (χ1n) is 6.95. The predicted octanol–water partition coefficient (Wildman–Crippen LogP) is 3.20. The van der Waals surface area contributed by atoms with Crippen molar-refractivity contribution in [3.8, 4) is 6.07 Å². The van der Waals surface area contributed by atoms with Crippen LogP contribution in [0.2, 0.25) is 0 Å². The molecule has 0 aliphatic rings. The second kappa shape index (κ2) is 8.01. The summed E-state index contributed by atoms with van der Waals surface area (Å²) in [5, 5.41) is 12.1. The Bertz CT molecular complexity index is 476. The van der Waals surface area contributed by atoms with E-state index in [0.29, 0.717) is 13.1 Å². The van der Waals surface area contributed by atoms with Crippen molar-refractivity contribution in [2.24, 2.45) is 0 Å². The van der Waals surface area contributed by atoms with Crippen LogP contribution in [0.1, 0.15) is 31.0 Å². The SMILES string of the molecule is CCN(CC)CCNC(C#N)c1ccccc1C(F)(F)F. The van der Waals surface area contributed by atoms with Gasteiger partial charge in [0, 0.05) is 13.1 Å². The van der Waals surface area contributed by atoms with Gasteiger partial charge in [-0.1, -0.05) is 32.0 Å². The van der Waals surface area contributed by atoms with Crippen molar-refractivity contribution in [1.82, 2.24) is 10.2 Å². The second-order valence-corrected chi connectivity index (χ2v) is 4.63. The molecule has 0 heterocycles. The molecule has 6 heteroatoms. The van der Waals surface area contributed by atoms with Crippen LogP contribution in [0, 0.1) is 11.3 Å². The minimum atomic E-state index is -4.45. The highest BCUT2D eigenvalue weighted by molar-refractivity contribution is 5.35. The monoisotopic (exact) mass is 299 g/mol. The van der Waals surface area contributed by atoms with Crippen molar-refractivity contribution >= 4 is 0 Å². The van der Waals surface area contributed by atoms with Crippen LogP contribution in [-0.4, -0.2) is 31.1 Å². The van der Waals surface area contributed by atoms with Crippen LogP contribution in [0.3, 0.4) is 0 Å². The summed E-state index contributed by atoms with van der Waals surface area (Å²) < 4.78 is 38.9. The summed E-state index contributed by atoms with van der Waals surface area (Å²) in [5.41, 5.74) is -0.779. The molecule has 1 atom stereocenters. The van der Waals surface area contributed by atoms with E-state index < -0.39 is 17.8 Å². The minimum Gasteiger partial charge on any atom is -0.303 e. The summed E-state index contributed by atoms with van der Waals surface area (Å²) in [4.78, 5) is 2.14. The maximum absolute atomic E-state index is 13.0.